The molecule has 0 fully saturated rings. The molecule has 0 unspecified atom stereocenters. The molecule has 268 valence electrons. The summed E-state index contributed by atoms with van der Waals surface area (Å²) in [7, 11) is -2.35. The van der Waals surface area contributed by atoms with Crippen LogP contribution < -0.4 is 10.4 Å². The Labute approximate surface area is 333 Å². The molecule has 0 N–H and O–H groups in total. The summed E-state index contributed by atoms with van der Waals surface area (Å²) in [6.45, 7) is 5.00. The van der Waals surface area contributed by atoms with Crippen LogP contribution in [-0.2, 0) is 0 Å². The Hall–Kier alpha value is -6.94. The van der Waals surface area contributed by atoms with Crippen LogP contribution in [-0.4, -0.2) is 18.0 Å². The summed E-state index contributed by atoms with van der Waals surface area (Å²) in [5, 5.41) is 10.4. The Balaban J connectivity index is 1.10. The first-order chi connectivity index (χ1) is 28.0. The van der Waals surface area contributed by atoms with Gasteiger partial charge in [0.25, 0.3) is 0 Å². The average molecular weight is 743 g/mol. The normalized spacial score (nSPS) is 12.9. The Morgan fingerprint density at radius 2 is 0.789 bits per heavy atom. The van der Waals surface area contributed by atoms with Crippen molar-refractivity contribution in [3.63, 3.8) is 0 Å². The molecule has 2 heterocycles. The molecule has 0 amide bonds. The number of aromatic nitrogens is 2. The number of nitrogens with zero attached hydrogens (tertiary/aromatic N) is 2. The van der Waals surface area contributed by atoms with Crippen LogP contribution >= 0.6 is 0 Å². The molecule has 0 atom stereocenters. The van der Waals surface area contributed by atoms with E-state index in [1.165, 1.54) is 70.5 Å². The van der Waals surface area contributed by atoms with Gasteiger partial charge in [0.2, 0.25) is 0 Å². The molecule has 0 bridgehead atoms. The minimum absolute atomic E-state index is 0.751. The predicted octanol–water partition coefficient (Wildman–Crippen LogP) is 13.1. The third kappa shape index (κ3) is 5.38. The summed E-state index contributed by atoms with van der Waals surface area (Å²) < 4.78 is 0. The van der Waals surface area contributed by atoms with Crippen LogP contribution in [0.15, 0.2) is 194 Å². The fourth-order valence-corrected chi connectivity index (χ4v) is 12.9. The second-order valence-electron chi connectivity index (χ2n) is 15.7. The minimum Gasteiger partial charge on any atom is -0.228 e. The molecule has 0 spiro atoms. The van der Waals surface area contributed by atoms with Crippen LogP contribution in [0.25, 0.3) is 99.6 Å². The Morgan fingerprint density at radius 3 is 1.51 bits per heavy atom. The molecule has 1 aliphatic heterocycles. The molecule has 0 aliphatic carbocycles. The van der Waals surface area contributed by atoms with E-state index < -0.39 is 8.07 Å². The molecule has 10 aromatic rings. The predicted molar refractivity (Wildman–Crippen MR) is 244 cm³/mol. The Morgan fingerprint density at radius 1 is 0.333 bits per heavy atom. The lowest BCUT2D eigenvalue weighted by Gasteiger charge is -2.24. The summed E-state index contributed by atoms with van der Waals surface area (Å²) >= 11 is 0. The van der Waals surface area contributed by atoms with E-state index in [4.69, 9.17) is 9.97 Å². The van der Waals surface area contributed by atoms with Crippen molar-refractivity contribution in [2.75, 3.05) is 0 Å². The van der Waals surface area contributed by atoms with Crippen LogP contribution in [0.5, 0.6) is 0 Å². The Bertz CT molecular complexity index is 3200. The van der Waals surface area contributed by atoms with Gasteiger partial charge in [0.1, 0.15) is 8.07 Å². The molecule has 0 radical (unpaired) electrons. The lowest BCUT2D eigenvalue weighted by atomic mass is 9.94. The summed E-state index contributed by atoms with van der Waals surface area (Å²) in [6, 6.07) is 70.3. The summed E-state index contributed by atoms with van der Waals surface area (Å²) in [5.74, 6) is 0.751. The zero-order chi connectivity index (χ0) is 38.1. The maximum atomic E-state index is 5.64. The van der Waals surface area contributed by atoms with Crippen molar-refractivity contribution in [1.29, 1.82) is 0 Å². The fourth-order valence-electron chi connectivity index (χ4n) is 9.35. The van der Waals surface area contributed by atoms with E-state index in [1.54, 1.807) is 0 Å². The molecule has 0 saturated carbocycles. The number of benzene rings is 9. The van der Waals surface area contributed by atoms with Gasteiger partial charge in [0.15, 0.2) is 5.82 Å². The van der Waals surface area contributed by atoms with Crippen molar-refractivity contribution < 1.29 is 0 Å². The molecular weight excluding hydrogens is 705 g/mol. The van der Waals surface area contributed by atoms with Crippen molar-refractivity contribution in [2.24, 2.45) is 0 Å². The summed E-state index contributed by atoms with van der Waals surface area (Å²) in [6.07, 6.45) is 0. The van der Waals surface area contributed by atoms with Crippen molar-refractivity contribution in [3.05, 3.63) is 194 Å². The van der Waals surface area contributed by atoms with E-state index in [9.17, 15) is 0 Å². The maximum absolute atomic E-state index is 5.64. The number of hydrogen-bond acceptors (Lipinski definition) is 2. The van der Waals surface area contributed by atoms with Crippen molar-refractivity contribution in [2.45, 2.75) is 13.1 Å². The first-order valence-electron chi connectivity index (χ1n) is 19.7. The first-order valence-corrected chi connectivity index (χ1v) is 22.7. The van der Waals surface area contributed by atoms with Gasteiger partial charge in [-0.25, -0.2) is 9.97 Å². The van der Waals surface area contributed by atoms with Gasteiger partial charge < -0.3 is 0 Å². The van der Waals surface area contributed by atoms with Gasteiger partial charge >= 0.3 is 0 Å². The lowest BCUT2D eigenvalue weighted by Crippen LogP contribution is -2.50. The highest BCUT2D eigenvalue weighted by atomic mass is 28.3. The van der Waals surface area contributed by atoms with E-state index in [0.29, 0.717) is 0 Å². The molecule has 11 rings (SSSR count). The van der Waals surface area contributed by atoms with E-state index in [1.807, 2.05) is 0 Å². The molecule has 1 aromatic heterocycles. The first kappa shape index (κ1) is 33.4. The van der Waals surface area contributed by atoms with Crippen molar-refractivity contribution in [3.8, 4) is 67.3 Å². The van der Waals surface area contributed by atoms with E-state index in [2.05, 4.69) is 207 Å². The zero-order valence-electron chi connectivity index (χ0n) is 31.9. The molecular formula is C54H38N2Si. The highest BCUT2D eigenvalue weighted by Gasteiger charge is 2.44. The molecule has 2 nitrogen and oxygen atoms in total. The third-order valence-electron chi connectivity index (χ3n) is 12.0. The average Bonchev–Trinajstić information content (AvgIpc) is 3.53. The van der Waals surface area contributed by atoms with Gasteiger partial charge in [-0.2, -0.15) is 0 Å². The van der Waals surface area contributed by atoms with Gasteiger partial charge in [-0.3, -0.25) is 0 Å². The van der Waals surface area contributed by atoms with Gasteiger partial charge in [0.05, 0.1) is 11.4 Å². The monoisotopic (exact) mass is 742 g/mol. The quantitative estimate of drug-likeness (QED) is 0.130. The van der Waals surface area contributed by atoms with E-state index in [-0.39, 0.29) is 0 Å². The second kappa shape index (κ2) is 13.1. The van der Waals surface area contributed by atoms with E-state index >= 15 is 0 Å². The van der Waals surface area contributed by atoms with Crippen molar-refractivity contribution in [1.82, 2.24) is 9.97 Å². The van der Waals surface area contributed by atoms with Crippen LogP contribution in [0.2, 0.25) is 13.1 Å². The van der Waals surface area contributed by atoms with Gasteiger partial charge in [0, 0.05) is 16.7 Å². The molecule has 1 aliphatic rings. The smallest absolute Gasteiger partial charge is 0.160 e. The minimum atomic E-state index is -2.35. The van der Waals surface area contributed by atoms with Gasteiger partial charge in [-0.1, -0.05) is 195 Å². The largest absolute Gasteiger partial charge is 0.228 e. The number of rotatable bonds is 5. The van der Waals surface area contributed by atoms with Crippen LogP contribution in [0.4, 0.5) is 0 Å². The Kier molecular flexibility index (Phi) is 7.67. The molecule has 3 heteroatoms. The highest BCUT2D eigenvalue weighted by molar-refractivity contribution is 7.06. The summed E-state index contributed by atoms with van der Waals surface area (Å²) in [4.78, 5) is 11.3. The van der Waals surface area contributed by atoms with Crippen LogP contribution in [0, 0.1) is 0 Å². The van der Waals surface area contributed by atoms with Gasteiger partial charge in [-0.05, 0) is 88.2 Å². The highest BCUT2D eigenvalue weighted by Crippen LogP contribution is 2.42. The third-order valence-corrected chi connectivity index (χ3v) is 15.5. The molecule has 57 heavy (non-hydrogen) atoms. The maximum Gasteiger partial charge on any atom is 0.160 e. The van der Waals surface area contributed by atoms with Crippen LogP contribution in [0.3, 0.4) is 0 Å². The SMILES string of the molecule is C[Si]1(C)c2c(-c3cccc4ccccc34)nc(-c3cccc(-c4cccc(-c5ccc(-c6ccccc6)cc5)c4)c3)nc2-c2c1c1ccccc1c1ccccc21. The zero-order valence-corrected chi connectivity index (χ0v) is 32.9. The number of fused-ring (bicyclic) bond motifs is 9. The topological polar surface area (TPSA) is 25.8 Å². The molecule has 0 saturated heterocycles. The summed E-state index contributed by atoms with van der Waals surface area (Å²) in [5.41, 5.74) is 12.7. The second-order valence-corrected chi connectivity index (χ2v) is 20.0. The van der Waals surface area contributed by atoms with Crippen LogP contribution in [0.1, 0.15) is 0 Å². The lowest BCUT2D eigenvalue weighted by molar-refractivity contribution is 1.20. The fraction of sp³-hybridized carbons (Fsp3) is 0.0370. The number of hydrogen-bond donors (Lipinski definition) is 0. The molecule has 9 aromatic carbocycles. The van der Waals surface area contributed by atoms with E-state index in [0.717, 1.165) is 39.5 Å². The van der Waals surface area contributed by atoms with Crippen molar-refractivity contribution >= 4 is 50.8 Å². The standard InChI is InChI=1S/C54H38N2Si/c1-57(2)52-48-27-11-9-25-45(48)44-24-8-10-26-46(44)49(52)51-53(57)50(47-28-14-18-38-17-6-7-23-43(38)47)55-54(56-51)42-22-13-21-41(34-42)40-20-12-19-39(33-40)37-31-29-36(30-32-37)35-15-4-3-5-16-35/h3-34H,1-2H3. The van der Waals surface area contributed by atoms with Gasteiger partial charge in [-0.15, -0.1) is 0 Å².